The monoisotopic (exact) mass is 453 g/mol. The number of carbonyl (C=O) groups excluding carboxylic acids is 2. The smallest absolute Gasteiger partial charge is 0.326 e. The summed E-state index contributed by atoms with van der Waals surface area (Å²) in [4.78, 5) is 37.4. The van der Waals surface area contributed by atoms with Crippen molar-refractivity contribution in [1.82, 2.24) is 5.32 Å². The van der Waals surface area contributed by atoms with Gasteiger partial charge in [-0.05, 0) is 41.0 Å². The molecule has 7 nitrogen and oxygen atoms in total. The maximum absolute atomic E-state index is 13.1. The number of rotatable bonds is 7. The van der Waals surface area contributed by atoms with Crippen LogP contribution in [0.25, 0.3) is 10.8 Å². The Hall–Kier alpha value is -3.58. The zero-order valence-electron chi connectivity index (χ0n) is 17.7. The van der Waals surface area contributed by atoms with Crippen LogP contribution in [0.4, 0.5) is 16.2 Å². The molecule has 4 N–H and O–H groups in total. The third kappa shape index (κ3) is 5.36. The minimum atomic E-state index is -1.11. The summed E-state index contributed by atoms with van der Waals surface area (Å²) >= 11 is 6.10. The Morgan fingerprint density at radius 1 is 0.938 bits per heavy atom. The summed E-state index contributed by atoms with van der Waals surface area (Å²) in [7, 11) is 0. The lowest BCUT2D eigenvalue weighted by Gasteiger charge is -2.21. The third-order valence-corrected chi connectivity index (χ3v) is 5.60. The van der Waals surface area contributed by atoms with E-state index in [-0.39, 0.29) is 17.2 Å². The van der Waals surface area contributed by atoms with E-state index in [0.29, 0.717) is 17.1 Å². The van der Waals surface area contributed by atoms with Crippen molar-refractivity contribution >= 4 is 51.7 Å². The zero-order chi connectivity index (χ0) is 23.3. The van der Waals surface area contributed by atoms with Crippen LogP contribution in [-0.4, -0.2) is 29.1 Å². The number of hydrogen-bond donors (Lipinski definition) is 4. The molecular weight excluding hydrogens is 430 g/mol. The van der Waals surface area contributed by atoms with Gasteiger partial charge in [-0.15, -0.1) is 0 Å². The fraction of sp³-hybridized carbons (Fsp3) is 0.208. The first kappa shape index (κ1) is 23.1. The van der Waals surface area contributed by atoms with Gasteiger partial charge in [0.2, 0.25) is 0 Å². The van der Waals surface area contributed by atoms with Gasteiger partial charge in [-0.3, -0.25) is 4.79 Å². The van der Waals surface area contributed by atoms with E-state index in [1.807, 2.05) is 31.2 Å². The van der Waals surface area contributed by atoms with Crippen LogP contribution in [0, 0.1) is 5.92 Å². The van der Waals surface area contributed by atoms with E-state index in [2.05, 4.69) is 16.0 Å². The average molecular weight is 454 g/mol. The minimum absolute atomic E-state index is 0.160. The van der Waals surface area contributed by atoms with Gasteiger partial charge < -0.3 is 21.1 Å². The highest BCUT2D eigenvalue weighted by Crippen LogP contribution is 2.26. The van der Waals surface area contributed by atoms with Crippen LogP contribution in [0.2, 0.25) is 5.02 Å². The molecule has 2 atom stereocenters. The molecule has 0 aliphatic heterocycles. The molecule has 0 heterocycles. The molecule has 0 radical (unpaired) electrons. The summed E-state index contributed by atoms with van der Waals surface area (Å²) in [5.74, 6) is -1.97. The molecule has 0 saturated heterocycles. The van der Waals surface area contributed by atoms with Gasteiger partial charge in [-0.25, -0.2) is 9.59 Å². The molecule has 3 aromatic carbocycles. The van der Waals surface area contributed by atoms with Gasteiger partial charge in [0.1, 0.15) is 6.04 Å². The number of anilines is 2. The molecule has 0 aliphatic rings. The van der Waals surface area contributed by atoms with Gasteiger partial charge >= 0.3 is 12.0 Å². The Bertz CT molecular complexity index is 1160. The first-order valence-electron chi connectivity index (χ1n) is 10.2. The molecule has 0 bridgehead atoms. The highest BCUT2D eigenvalue weighted by atomic mass is 35.5. The lowest BCUT2D eigenvalue weighted by atomic mass is 9.98. The van der Waals surface area contributed by atoms with Gasteiger partial charge in [-0.2, -0.15) is 0 Å². The highest BCUT2D eigenvalue weighted by Gasteiger charge is 2.27. The summed E-state index contributed by atoms with van der Waals surface area (Å²) in [6.45, 7) is 3.62. The van der Waals surface area contributed by atoms with Crippen molar-refractivity contribution in [2.75, 3.05) is 10.6 Å². The SMILES string of the molecule is CCC(C)[C@H](NC(=O)c1cc2ccccc2cc1NC(=O)Nc1ccccc1Cl)C(=O)O. The Morgan fingerprint density at radius 3 is 2.16 bits per heavy atom. The Morgan fingerprint density at radius 2 is 1.53 bits per heavy atom. The summed E-state index contributed by atoms with van der Waals surface area (Å²) in [5.41, 5.74) is 0.827. The van der Waals surface area contributed by atoms with Crippen molar-refractivity contribution in [3.63, 3.8) is 0 Å². The Balaban J connectivity index is 1.93. The number of para-hydroxylation sites is 1. The number of carboxylic acids is 1. The number of halogens is 1. The number of urea groups is 1. The second kappa shape index (κ2) is 10.2. The first-order valence-corrected chi connectivity index (χ1v) is 10.6. The van der Waals surface area contributed by atoms with Crippen molar-refractivity contribution < 1.29 is 19.5 Å². The molecule has 0 fully saturated rings. The third-order valence-electron chi connectivity index (χ3n) is 5.27. The molecule has 0 saturated carbocycles. The van der Waals surface area contributed by atoms with Crippen molar-refractivity contribution in [2.45, 2.75) is 26.3 Å². The van der Waals surface area contributed by atoms with E-state index < -0.39 is 23.9 Å². The summed E-state index contributed by atoms with van der Waals surface area (Å²) in [5, 5.41) is 19.4. The van der Waals surface area contributed by atoms with Crippen LogP contribution in [-0.2, 0) is 4.79 Å². The van der Waals surface area contributed by atoms with Crippen molar-refractivity contribution in [3.05, 3.63) is 71.2 Å². The highest BCUT2D eigenvalue weighted by molar-refractivity contribution is 6.33. The maximum Gasteiger partial charge on any atom is 0.326 e. The van der Waals surface area contributed by atoms with E-state index in [4.69, 9.17) is 11.6 Å². The van der Waals surface area contributed by atoms with Gasteiger partial charge in [0.05, 0.1) is 22.0 Å². The minimum Gasteiger partial charge on any atom is -0.480 e. The molecule has 3 aromatic rings. The number of amides is 3. The fourth-order valence-corrected chi connectivity index (χ4v) is 3.46. The molecule has 166 valence electrons. The van der Waals surface area contributed by atoms with E-state index in [9.17, 15) is 19.5 Å². The number of hydrogen-bond acceptors (Lipinski definition) is 3. The maximum atomic E-state index is 13.1. The van der Waals surface area contributed by atoms with Crippen LogP contribution in [0.1, 0.15) is 30.6 Å². The van der Waals surface area contributed by atoms with Crippen LogP contribution < -0.4 is 16.0 Å². The van der Waals surface area contributed by atoms with Crippen molar-refractivity contribution in [2.24, 2.45) is 5.92 Å². The zero-order valence-corrected chi connectivity index (χ0v) is 18.4. The lowest BCUT2D eigenvalue weighted by Crippen LogP contribution is -2.45. The number of carbonyl (C=O) groups is 3. The average Bonchev–Trinajstić information content (AvgIpc) is 2.77. The van der Waals surface area contributed by atoms with E-state index >= 15 is 0 Å². The molecule has 0 aliphatic carbocycles. The number of nitrogens with one attached hydrogen (secondary N) is 3. The number of fused-ring (bicyclic) bond motifs is 1. The quantitative estimate of drug-likeness (QED) is 0.386. The van der Waals surface area contributed by atoms with Crippen LogP contribution in [0.15, 0.2) is 60.7 Å². The number of aliphatic carboxylic acids is 1. The number of benzene rings is 3. The molecule has 32 heavy (non-hydrogen) atoms. The predicted octanol–water partition coefficient (Wildman–Crippen LogP) is 5.37. The van der Waals surface area contributed by atoms with Crippen LogP contribution >= 0.6 is 11.6 Å². The normalized spacial score (nSPS) is 12.6. The van der Waals surface area contributed by atoms with E-state index in [1.165, 1.54) is 0 Å². The Labute approximate surface area is 190 Å². The molecule has 0 aromatic heterocycles. The van der Waals surface area contributed by atoms with Gasteiger partial charge in [0.15, 0.2) is 0 Å². The van der Waals surface area contributed by atoms with Gasteiger partial charge in [-0.1, -0.05) is 68.3 Å². The van der Waals surface area contributed by atoms with Crippen LogP contribution in [0.5, 0.6) is 0 Å². The van der Waals surface area contributed by atoms with Gasteiger partial charge in [0, 0.05) is 0 Å². The van der Waals surface area contributed by atoms with Crippen molar-refractivity contribution in [1.29, 1.82) is 0 Å². The summed E-state index contributed by atoms with van der Waals surface area (Å²) < 4.78 is 0. The second-order valence-electron chi connectivity index (χ2n) is 7.48. The topological polar surface area (TPSA) is 108 Å². The molecule has 1 unspecified atom stereocenters. The molecule has 3 rings (SSSR count). The largest absolute Gasteiger partial charge is 0.480 e. The number of carboxylic acid groups (broad SMARTS) is 1. The first-order chi connectivity index (χ1) is 15.3. The fourth-order valence-electron chi connectivity index (χ4n) is 3.27. The van der Waals surface area contributed by atoms with Gasteiger partial charge in [0.25, 0.3) is 5.91 Å². The summed E-state index contributed by atoms with van der Waals surface area (Å²) in [6.07, 6.45) is 0.584. The second-order valence-corrected chi connectivity index (χ2v) is 7.89. The van der Waals surface area contributed by atoms with Crippen LogP contribution in [0.3, 0.4) is 0 Å². The molecular formula is C24H24ClN3O4. The summed E-state index contributed by atoms with van der Waals surface area (Å²) in [6, 6.07) is 15.8. The standard InChI is InChI=1S/C24H24ClN3O4/c1-3-14(2)21(23(30)31)28-22(29)17-12-15-8-4-5-9-16(15)13-20(17)27-24(32)26-19-11-7-6-10-18(19)25/h4-14,21H,3H2,1-2H3,(H,28,29)(H,30,31)(H2,26,27,32)/t14?,21-/m0/s1. The lowest BCUT2D eigenvalue weighted by molar-refractivity contribution is -0.140. The van der Waals surface area contributed by atoms with E-state index in [1.54, 1.807) is 43.3 Å². The predicted molar refractivity (Wildman–Crippen MR) is 126 cm³/mol. The molecule has 8 heteroatoms. The Kier molecular flexibility index (Phi) is 7.33. The van der Waals surface area contributed by atoms with Crippen molar-refractivity contribution in [3.8, 4) is 0 Å². The molecule has 0 spiro atoms. The molecule has 3 amide bonds. The van der Waals surface area contributed by atoms with E-state index in [0.717, 1.165) is 10.8 Å².